The molecule has 2 aromatic carbocycles. The van der Waals surface area contributed by atoms with Crippen molar-refractivity contribution in [1.29, 1.82) is 0 Å². The summed E-state index contributed by atoms with van der Waals surface area (Å²) in [7, 11) is 3.41. The zero-order chi connectivity index (χ0) is 19.3. The van der Waals surface area contributed by atoms with Gasteiger partial charge in [-0.25, -0.2) is 0 Å². The number of benzene rings is 2. The third-order valence-electron chi connectivity index (χ3n) is 4.12. The molecule has 0 fully saturated rings. The number of aliphatic hydroxyl groups is 1. The van der Waals surface area contributed by atoms with Crippen LogP contribution in [0.15, 0.2) is 48.5 Å². The van der Waals surface area contributed by atoms with Crippen molar-refractivity contribution in [3.05, 3.63) is 65.2 Å². The van der Waals surface area contributed by atoms with E-state index in [9.17, 15) is 9.90 Å². The van der Waals surface area contributed by atoms with E-state index in [1.165, 1.54) is 0 Å². The van der Waals surface area contributed by atoms with Gasteiger partial charge in [-0.3, -0.25) is 4.79 Å². The molecule has 0 aliphatic rings. The lowest BCUT2D eigenvalue weighted by Crippen LogP contribution is -2.29. The summed E-state index contributed by atoms with van der Waals surface area (Å²) in [6, 6.07) is 14.7. The SMILES string of the molecule is COc1cccc(C(C)N(C)C(=O)c2ccc(C#CC(C)(C)O)cc2)c1. The third kappa shape index (κ3) is 5.11. The van der Waals surface area contributed by atoms with Crippen molar-refractivity contribution in [3.8, 4) is 17.6 Å². The van der Waals surface area contributed by atoms with Crippen molar-refractivity contribution in [2.75, 3.05) is 14.2 Å². The maximum absolute atomic E-state index is 12.8. The fraction of sp³-hybridized carbons (Fsp3) is 0.318. The monoisotopic (exact) mass is 351 g/mol. The summed E-state index contributed by atoms with van der Waals surface area (Å²) in [5, 5.41) is 9.66. The van der Waals surface area contributed by atoms with Gasteiger partial charge in [0.1, 0.15) is 11.4 Å². The number of carbonyl (C=O) groups is 1. The Balaban J connectivity index is 2.15. The summed E-state index contributed by atoms with van der Waals surface area (Å²) in [6.07, 6.45) is 0. The average molecular weight is 351 g/mol. The first-order valence-corrected chi connectivity index (χ1v) is 8.48. The summed E-state index contributed by atoms with van der Waals surface area (Å²) < 4.78 is 5.26. The Hall–Kier alpha value is -2.77. The summed E-state index contributed by atoms with van der Waals surface area (Å²) in [6.45, 7) is 5.25. The van der Waals surface area contributed by atoms with E-state index in [2.05, 4.69) is 11.8 Å². The maximum Gasteiger partial charge on any atom is 0.254 e. The normalized spacial score (nSPS) is 11.9. The van der Waals surface area contributed by atoms with Gasteiger partial charge in [0, 0.05) is 18.2 Å². The Kier molecular flexibility index (Phi) is 6.07. The number of methoxy groups -OCH3 is 1. The van der Waals surface area contributed by atoms with E-state index >= 15 is 0 Å². The van der Waals surface area contributed by atoms with Crippen LogP contribution in [-0.4, -0.2) is 35.7 Å². The molecule has 4 nitrogen and oxygen atoms in total. The molecule has 0 radical (unpaired) electrons. The summed E-state index contributed by atoms with van der Waals surface area (Å²) in [5.74, 6) is 6.36. The molecule has 0 saturated heterocycles. The second kappa shape index (κ2) is 8.07. The second-order valence-corrected chi connectivity index (χ2v) is 6.76. The lowest BCUT2D eigenvalue weighted by molar-refractivity contribution is 0.0742. The fourth-order valence-electron chi connectivity index (χ4n) is 2.43. The van der Waals surface area contributed by atoms with Crippen LogP contribution in [0.3, 0.4) is 0 Å². The van der Waals surface area contributed by atoms with Crippen LogP contribution < -0.4 is 4.74 Å². The van der Waals surface area contributed by atoms with Crippen molar-refractivity contribution in [2.24, 2.45) is 0 Å². The minimum atomic E-state index is -1.04. The van der Waals surface area contributed by atoms with Crippen LogP contribution in [0, 0.1) is 11.8 Å². The largest absolute Gasteiger partial charge is 0.497 e. The predicted octanol–water partition coefficient (Wildman–Crippen LogP) is 3.65. The van der Waals surface area contributed by atoms with Crippen molar-refractivity contribution >= 4 is 5.91 Å². The van der Waals surface area contributed by atoms with Gasteiger partial charge >= 0.3 is 0 Å². The third-order valence-corrected chi connectivity index (χ3v) is 4.12. The van der Waals surface area contributed by atoms with Crippen LogP contribution in [-0.2, 0) is 0 Å². The smallest absolute Gasteiger partial charge is 0.254 e. The molecule has 0 saturated carbocycles. The zero-order valence-corrected chi connectivity index (χ0v) is 15.9. The molecule has 26 heavy (non-hydrogen) atoms. The van der Waals surface area contributed by atoms with E-state index in [1.54, 1.807) is 57.2 Å². The molecule has 0 aromatic heterocycles. The molecule has 4 heteroatoms. The van der Waals surface area contributed by atoms with Gasteiger partial charge in [-0.05, 0) is 62.7 Å². The number of hydrogen-bond acceptors (Lipinski definition) is 3. The summed E-state index contributed by atoms with van der Waals surface area (Å²) in [4.78, 5) is 14.5. The van der Waals surface area contributed by atoms with Gasteiger partial charge in [0.15, 0.2) is 0 Å². The molecule has 1 unspecified atom stereocenters. The van der Waals surface area contributed by atoms with Gasteiger partial charge in [-0.15, -0.1) is 0 Å². The fourth-order valence-corrected chi connectivity index (χ4v) is 2.43. The lowest BCUT2D eigenvalue weighted by atomic mass is 10.0. The van der Waals surface area contributed by atoms with Gasteiger partial charge < -0.3 is 14.7 Å². The second-order valence-electron chi connectivity index (χ2n) is 6.76. The van der Waals surface area contributed by atoms with Gasteiger partial charge in [0.2, 0.25) is 0 Å². The van der Waals surface area contributed by atoms with Crippen molar-refractivity contribution in [3.63, 3.8) is 0 Å². The molecule has 1 atom stereocenters. The van der Waals surface area contributed by atoms with Crippen molar-refractivity contribution in [1.82, 2.24) is 4.90 Å². The highest BCUT2D eigenvalue weighted by molar-refractivity contribution is 5.94. The van der Waals surface area contributed by atoms with Gasteiger partial charge in [0.25, 0.3) is 5.91 Å². The molecule has 2 aromatic rings. The number of ether oxygens (including phenoxy) is 1. The molecule has 0 aliphatic carbocycles. The average Bonchev–Trinajstić information content (AvgIpc) is 2.64. The van der Waals surface area contributed by atoms with Crippen molar-refractivity contribution in [2.45, 2.75) is 32.4 Å². The Morgan fingerprint density at radius 1 is 1.19 bits per heavy atom. The number of hydrogen-bond donors (Lipinski definition) is 1. The summed E-state index contributed by atoms with van der Waals surface area (Å²) >= 11 is 0. The van der Waals surface area contributed by atoms with Crippen LogP contribution in [0.25, 0.3) is 0 Å². The Morgan fingerprint density at radius 2 is 1.85 bits per heavy atom. The predicted molar refractivity (Wildman–Crippen MR) is 103 cm³/mol. The molecule has 1 N–H and O–H groups in total. The van der Waals surface area contributed by atoms with Gasteiger partial charge in [-0.1, -0.05) is 24.0 Å². The van der Waals surface area contributed by atoms with Gasteiger partial charge in [0.05, 0.1) is 13.2 Å². The van der Waals surface area contributed by atoms with Crippen LogP contribution in [0.2, 0.25) is 0 Å². The first-order chi connectivity index (χ1) is 12.2. The Labute approximate surface area is 155 Å². The highest BCUT2D eigenvalue weighted by atomic mass is 16.5. The molecule has 0 spiro atoms. The maximum atomic E-state index is 12.8. The molecule has 0 bridgehead atoms. The topological polar surface area (TPSA) is 49.8 Å². The molecule has 0 aliphatic heterocycles. The van der Waals surface area contributed by atoms with E-state index in [4.69, 9.17) is 4.74 Å². The van der Waals surface area contributed by atoms with E-state index in [1.807, 2.05) is 31.2 Å². The van der Waals surface area contributed by atoms with E-state index in [0.29, 0.717) is 5.56 Å². The van der Waals surface area contributed by atoms with Crippen LogP contribution in [0.5, 0.6) is 5.75 Å². The number of amides is 1. The minimum Gasteiger partial charge on any atom is -0.497 e. The highest BCUT2D eigenvalue weighted by Crippen LogP contribution is 2.24. The first kappa shape index (κ1) is 19.6. The quantitative estimate of drug-likeness (QED) is 0.856. The minimum absolute atomic E-state index is 0.0673. The van der Waals surface area contributed by atoms with E-state index < -0.39 is 5.60 Å². The van der Waals surface area contributed by atoms with E-state index in [-0.39, 0.29) is 11.9 Å². The molecule has 136 valence electrons. The van der Waals surface area contributed by atoms with Gasteiger partial charge in [-0.2, -0.15) is 0 Å². The number of carbonyl (C=O) groups excluding carboxylic acids is 1. The van der Waals surface area contributed by atoms with Crippen molar-refractivity contribution < 1.29 is 14.6 Å². The number of nitrogens with zero attached hydrogens (tertiary/aromatic N) is 1. The highest BCUT2D eigenvalue weighted by Gasteiger charge is 2.19. The zero-order valence-electron chi connectivity index (χ0n) is 15.9. The molecule has 0 heterocycles. The van der Waals surface area contributed by atoms with Crippen LogP contribution in [0.4, 0.5) is 0 Å². The standard InChI is InChI=1S/C22H25NO3/c1-16(19-7-6-8-20(15-19)26-5)23(4)21(24)18-11-9-17(10-12-18)13-14-22(2,3)25/h6-12,15-16,25H,1-5H3. The first-order valence-electron chi connectivity index (χ1n) is 8.48. The number of rotatable bonds is 4. The Morgan fingerprint density at radius 3 is 2.42 bits per heavy atom. The molecule has 2 rings (SSSR count). The van der Waals surface area contributed by atoms with Crippen LogP contribution >= 0.6 is 0 Å². The molecular formula is C22H25NO3. The summed E-state index contributed by atoms with van der Waals surface area (Å²) in [5.41, 5.74) is 1.32. The van der Waals surface area contributed by atoms with Crippen LogP contribution in [0.1, 0.15) is 48.3 Å². The lowest BCUT2D eigenvalue weighted by Gasteiger charge is -2.25. The Bertz CT molecular complexity index is 823. The molecular weight excluding hydrogens is 326 g/mol. The molecule has 1 amide bonds. The van der Waals surface area contributed by atoms with E-state index in [0.717, 1.165) is 16.9 Å².